The number of carbonyl (C=O) groups excluding carboxylic acids is 2. The van der Waals surface area contributed by atoms with Gasteiger partial charge in [-0.25, -0.2) is 4.79 Å². The van der Waals surface area contributed by atoms with Crippen LogP contribution in [0.3, 0.4) is 0 Å². The lowest BCUT2D eigenvalue weighted by Gasteiger charge is -2.21. The lowest BCUT2D eigenvalue weighted by Crippen LogP contribution is -2.46. The maximum Gasteiger partial charge on any atom is 0.318 e. The lowest BCUT2D eigenvalue weighted by atomic mass is 9.88. The summed E-state index contributed by atoms with van der Waals surface area (Å²) in [7, 11) is 0. The second kappa shape index (κ2) is 9.34. The van der Waals surface area contributed by atoms with Crippen molar-refractivity contribution >= 4 is 27.9 Å². The number of hydrogen-bond donors (Lipinski definition) is 2. The number of halogens is 1. The van der Waals surface area contributed by atoms with Crippen LogP contribution in [0.2, 0.25) is 0 Å². The first-order chi connectivity index (χ1) is 8.58. The first-order valence-corrected chi connectivity index (χ1v) is 7.67. The van der Waals surface area contributed by atoms with Crippen molar-refractivity contribution in [1.29, 1.82) is 0 Å². The highest BCUT2D eigenvalue weighted by Crippen LogP contribution is 2.26. The zero-order valence-electron chi connectivity index (χ0n) is 13.1. The van der Waals surface area contributed by atoms with E-state index >= 15 is 0 Å². The molecule has 0 aromatic carbocycles. The normalized spacial score (nSPS) is 11.3. The van der Waals surface area contributed by atoms with Crippen molar-refractivity contribution in [3.05, 3.63) is 0 Å². The van der Waals surface area contributed by atoms with E-state index in [9.17, 15) is 9.59 Å². The third-order valence-electron chi connectivity index (χ3n) is 3.68. The molecule has 0 aliphatic rings. The fourth-order valence-corrected chi connectivity index (χ4v) is 1.14. The van der Waals surface area contributed by atoms with Crippen molar-refractivity contribution in [2.24, 2.45) is 11.1 Å². The Bertz CT molecular complexity index is 281. The van der Waals surface area contributed by atoms with Gasteiger partial charge >= 0.3 is 6.03 Å². The number of alkyl halides is 1. The van der Waals surface area contributed by atoms with Crippen LogP contribution in [0.4, 0.5) is 4.79 Å². The van der Waals surface area contributed by atoms with Crippen molar-refractivity contribution in [2.75, 3.05) is 0 Å². The van der Waals surface area contributed by atoms with Gasteiger partial charge in [-0.3, -0.25) is 10.1 Å². The van der Waals surface area contributed by atoms with E-state index in [-0.39, 0.29) is 5.91 Å². The number of amides is 3. The molecular weight excluding hydrogens is 308 g/mol. The van der Waals surface area contributed by atoms with E-state index in [0.29, 0.717) is 18.3 Å². The minimum atomic E-state index is -0.814. The van der Waals surface area contributed by atoms with Crippen LogP contribution in [-0.2, 0) is 4.79 Å². The summed E-state index contributed by atoms with van der Waals surface area (Å²) in [5, 5.41) is 2.04. The van der Waals surface area contributed by atoms with Crippen LogP contribution in [0.1, 0.15) is 67.2 Å². The Morgan fingerprint density at radius 3 is 1.53 bits per heavy atom. The van der Waals surface area contributed by atoms with Gasteiger partial charge in [0.2, 0.25) is 5.91 Å². The first kappa shape index (κ1) is 20.7. The molecule has 0 saturated carbocycles. The molecule has 0 heterocycles. The van der Waals surface area contributed by atoms with Crippen LogP contribution >= 0.6 is 15.9 Å². The highest BCUT2D eigenvalue weighted by Gasteiger charge is 2.32. The van der Waals surface area contributed by atoms with Gasteiger partial charge in [-0.15, -0.1) is 0 Å². The molecule has 19 heavy (non-hydrogen) atoms. The van der Waals surface area contributed by atoms with Gasteiger partial charge in [0.15, 0.2) is 0 Å². The largest absolute Gasteiger partial charge is 0.351 e. The Balaban J connectivity index is 0. The third-order valence-corrected chi connectivity index (χ3v) is 5.16. The molecule has 5 heteroatoms. The number of nitrogens with two attached hydrogens (primary N) is 1. The molecule has 0 aliphatic carbocycles. The molecule has 3 amide bonds. The van der Waals surface area contributed by atoms with E-state index in [4.69, 9.17) is 5.73 Å². The lowest BCUT2D eigenvalue weighted by molar-refractivity contribution is -0.122. The second-order valence-electron chi connectivity index (χ2n) is 5.36. The fourth-order valence-electron chi connectivity index (χ4n) is 1.05. The van der Waals surface area contributed by atoms with Crippen molar-refractivity contribution in [2.45, 2.75) is 71.5 Å². The summed E-state index contributed by atoms with van der Waals surface area (Å²) in [6.07, 6.45) is 3.82. The van der Waals surface area contributed by atoms with E-state index in [1.807, 2.05) is 19.2 Å². The van der Waals surface area contributed by atoms with Crippen LogP contribution in [0.15, 0.2) is 0 Å². The van der Waals surface area contributed by atoms with Crippen molar-refractivity contribution in [1.82, 2.24) is 5.32 Å². The van der Waals surface area contributed by atoms with E-state index < -0.39 is 10.4 Å². The molecule has 0 aliphatic heterocycles. The molecule has 0 unspecified atom stereocenters. The van der Waals surface area contributed by atoms with Gasteiger partial charge in [-0.2, -0.15) is 0 Å². The van der Waals surface area contributed by atoms with Crippen molar-refractivity contribution in [3.8, 4) is 0 Å². The molecule has 0 bridgehead atoms. The van der Waals surface area contributed by atoms with Crippen LogP contribution in [-0.4, -0.2) is 16.3 Å². The number of hydrogen-bond acceptors (Lipinski definition) is 2. The average Bonchev–Trinajstić information content (AvgIpc) is 2.37. The molecular formula is C14H29BrN2O2. The fraction of sp³-hybridized carbons (Fsp3) is 0.857. The second-order valence-corrected chi connectivity index (χ2v) is 6.88. The molecule has 0 radical (unpaired) electrons. The summed E-state index contributed by atoms with van der Waals surface area (Å²) in [5.74, 6) is -0.375. The Labute approximate surface area is 126 Å². The number of nitrogens with one attached hydrogen (secondary N) is 1. The van der Waals surface area contributed by atoms with Gasteiger partial charge in [-0.1, -0.05) is 70.3 Å². The van der Waals surface area contributed by atoms with Gasteiger partial charge in [0.25, 0.3) is 0 Å². The average molecular weight is 337 g/mol. The zero-order valence-corrected chi connectivity index (χ0v) is 14.7. The quantitative estimate of drug-likeness (QED) is 0.745. The van der Waals surface area contributed by atoms with Crippen LogP contribution in [0.25, 0.3) is 0 Å². The Morgan fingerprint density at radius 2 is 1.37 bits per heavy atom. The molecule has 0 aromatic heterocycles. The maximum atomic E-state index is 11.3. The Hall–Kier alpha value is -0.580. The molecule has 114 valence electrons. The van der Waals surface area contributed by atoms with Gasteiger partial charge in [0.05, 0.1) is 0 Å². The van der Waals surface area contributed by atoms with E-state index in [1.54, 1.807) is 0 Å². The molecule has 3 N–H and O–H groups in total. The van der Waals surface area contributed by atoms with Crippen LogP contribution in [0.5, 0.6) is 0 Å². The monoisotopic (exact) mass is 336 g/mol. The van der Waals surface area contributed by atoms with E-state index in [1.165, 1.54) is 12.8 Å². The number of primary amides is 1. The number of urea groups is 1. The van der Waals surface area contributed by atoms with Crippen LogP contribution < -0.4 is 11.1 Å². The summed E-state index contributed by atoms with van der Waals surface area (Å²) in [5.41, 5.74) is 5.39. The number of rotatable bonds is 5. The molecule has 0 saturated heterocycles. The number of imide groups is 1. The van der Waals surface area contributed by atoms with Gasteiger partial charge in [-0.05, 0) is 18.3 Å². The van der Waals surface area contributed by atoms with E-state index in [2.05, 4.69) is 43.6 Å². The minimum Gasteiger partial charge on any atom is -0.351 e. The zero-order chi connectivity index (χ0) is 15.7. The molecule has 0 atom stereocenters. The summed E-state index contributed by atoms with van der Waals surface area (Å²) < 4.78 is -0.665. The highest BCUT2D eigenvalue weighted by atomic mass is 79.9. The molecule has 0 rings (SSSR count). The summed E-state index contributed by atoms with van der Waals surface area (Å²) in [6.45, 7) is 12.8. The first-order valence-electron chi connectivity index (χ1n) is 6.88. The Morgan fingerprint density at radius 1 is 1.00 bits per heavy atom. The number of carbonyl (C=O) groups is 2. The Kier molecular flexibility index (Phi) is 10.2. The van der Waals surface area contributed by atoms with Crippen molar-refractivity contribution < 1.29 is 9.59 Å². The standard InChI is InChI=1S/C7H13BrN2O2.C7H16/c1-3-7(8,4-2)5(11)10-6(9)12;1-5-7(3,4)6-2/h3-4H2,1-2H3,(H3,9,10,11,12);5-6H2,1-4H3. The predicted molar refractivity (Wildman–Crippen MR) is 84.3 cm³/mol. The summed E-state index contributed by atoms with van der Waals surface area (Å²) in [6, 6.07) is -0.814. The van der Waals surface area contributed by atoms with Crippen molar-refractivity contribution in [3.63, 3.8) is 0 Å². The summed E-state index contributed by atoms with van der Waals surface area (Å²) in [4.78, 5) is 21.6. The van der Waals surface area contributed by atoms with Gasteiger partial charge in [0.1, 0.15) is 4.32 Å². The smallest absolute Gasteiger partial charge is 0.318 e. The van der Waals surface area contributed by atoms with Gasteiger partial charge in [0, 0.05) is 0 Å². The van der Waals surface area contributed by atoms with Gasteiger partial charge < -0.3 is 5.73 Å². The summed E-state index contributed by atoms with van der Waals surface area (Å²) >= 11 is 3.26. The van der Waals surface area contributed by atoms with Crippen LogP contribution in [0, 0.1) is 5.41 Å². The third kappa shape index (κ3) is 9.03. The molecule has 4 nitrogen and oxygen atoms in total. The molecule has 0 spiro atoms. The maximum absolute atomic E-state index is 11.3. The topological polar surface area (TPSA) is 72.2 Å². The van der Waals surface area contributed by atoms with E-state index in [0.717, 1.165) is 0 Å². The molecule has 0 fully saturated rings. The molecule has 0 aromatic rings. The minimum absolute atomic E-state index is 0.375. The SMILES string of the molecule is CCC(Br)(CC)C(=O)NC(N)=O.CCC(C)(C)CC. The highest BCUT2D eigenvalue weighted by molar-refractivity contribution is 9.10. The predicted octanol–water partition coefficient (Wildman–Crippen LogP) is 3.97.